The molecule has 0 unspecified atom stereocenters. The summed E-state index contributed by atoms with van der Waals surface area (Å²) >= 11 is 0. The van der Waals surface area contributed by atoms with Gasteiger partial charge in [0.1, 0.15) is 0 Å². The molecule has 16 heavy (non-hydrogen) atoms. The van der Waals surface area contributed by atoms with Crippen molar-refractivity contribution in [2.75, 3.05) is 20.1 Å². The Bertz CT molecular complexity index is 338. The molecule has 2 N–H and O–H groups in total. The maximum absolute atomic E-state index is 5.53. The zero-order valence-electron chi connectivity index (χ0n) is 10.0. The molecule has 0 saturated carbocycles. The van der Waals surface area contributed by atoms with Crippen LogP contribution in [0.1, 0.15) is 36.4 Å². The van der Waals surface area contributed by atoms with E-state index in [1.807, 2.05) is 12.4 Å². The lowest BCUT2D eigenvalue weighted by Gasteiger charge is -2.19. The number of aryl methyl sites for hydroxylation is 1. The van der Waals surface area contributed by atoms with Gasteiger partial charge >= 0.3 is 0 Å². The van der Waals surface area contributed by atoms with Gasteiger partial charge < -0.3 is 5.73 Å². The molecule has 0 amide bonds. The van der Waals surface area contributed by atoms with Crippen molar-refractivity contribution < 1.29 is 0 Å². The molecular formula is C13H21N3. The van der Waals surface area contributed by atoms with Gasteiger partial charge in [0.15, 0.2) is 0 Å². The molecule has 0 aliphatic carbocycles. The highest BCUT2D eigenvalue weighted by molar-refractivity contribution is 5.22. The minimum atomic E-state index is 0.574. The zero-order chi connectivity index (χ0) is 11.4. The summed E-state index contributed by atoms with van der Waals surface area (Å²) in [5, 5.41) is 0. The summed E-state index contributed by atoms with van der Waals surface area (Å²) in [5.74, 6) is 0. The summed E-state index contributed by atoms with van der Waals surface area (Å²) in [6, 6.07) is 2.88. The van der Waals surface area contributed by atoms with E-state index in [0.29, 0.717) is 6.04 Å². The normalized spacial score (nSPS) is 21.5. The third-order valence-electron chi connectivity index (χ3n) is 3.39. The van der Waals surface area contributed by atoms with E-state index in [0.717, 1.165) is 19.4 Å². The van der Waals surface area contributed by atoms with E-state index in [2.05, 4.69) is 23.0 Å². The van der Waals surface area contributed by atoms with Gasteiger partial charge in [-0.05, 0) is 56.9 Å². The van der Waals surface area contributed by atoms with E-state index in [1.165, 1.54) is 30.5 Å². The van der Waals surface area contributed by atoms with Gasteiger partial charge in [-0.1, -0.05) is 6.07 Å². The van der Waals surface area contributed by atoms with Gasteiger partial charge in [-0.2, -0.15) is 0 Å². The van der Waals surface area contributed by atoms with Crippen LogP contribution >= 0.6 is 0 Å². The molecule has 0 radical (unpaired) electrons. The van der Waals surface area contributed by atoms with Crippen molar-refractivity contribution in [1.82, 2.24) is 9.88 Å². The topological polar surface area (TPSA) is 42.2 Å². The van der Waals surface area contributed by atoms with E-state index in [-0.39, 0.29) is 0 Å². The molecule has 1 aliphatic heterocycles. The predicted octanol–water partition coefficient (Wildman–Crippen LogP) is 1.74. The van der Waals surface area contributed by atoms with Crippen molar-refractivity contribution in [3.05, 3.63) is 29.6 Å². The molecular weight excluding hydrogens is 198 g/mol. The third-order valence-corrected chi connectivity index (χ3v) is 3.39. The van der Waals surface area contributed by atoms with E-state index < -0.39 is 0 Å². The van der Waals surface area contributed by atoms with Crippen LogP contribution in [-0.2, 0) is 6.42 Å². The van der Waals surface area contributed by atoms with Crippen molar-refractivity contribution >= 4 is 0 Å². The highest BCUT2D eigenvalue weighted by Gasteiger charge is 2.22. The molecule has 2 rings (SSSR count). The molecule has 0 spiro atoms. The van der Waals surface area contributed by atoms with Crippen molar-refractivity contribution in [1.29, 1.82) is 0 Å². The van der Waals surface area contributed by atoms with Crippen molar-refractivity contribution in [3.63, 3.8) is 0 Å². The van der Waals surface area contributed by atoms with Gasteiger partial charge in [-0.15, -0.1) is 0 Å². The molecule has 0 bridgehead atoms. The van der Waals surface area contributed by atoms with Gasteiger partial charge in [-0.25, -0.2) is 0 Å². The average molecular weight is 219 g/mol. The summed E-state index contributed by atoms with van der Waals surface area (Å²) in [6.45, 7) is 1.96. The second-order valence-electron chi connectivity index (χ2n) is 4.66. The summed E-state index contributed by atoms with van der Waals surface area (Å²) in [7, 11) is 2.20. The van der Waals surface area contributed by atoms with Crippen molar-refractivity contribution in [3.8, 4) is 0 Å². The van der Waals surface area contributed by atoms with Gasteiger partial charge in [0.25, 0.3) is 0 Å². The Labute approximate surface area is 97.7 Å². The molecule has 1 fully saturated rings. The van der Waals surface area contributed by atoms with E-state index in [1.54, 1.807) is 0 Å². The van der Waals surface area contributed by atoms with Gasteiger partial charge in [0.05, 0.1) is 0 Å². The van der Waals surface area contributed by atoms with Gasteiger partial charge in [0.2, 0.25) is 0 Å². The van der Waals surface area contributed by atoms with Gasteiger partial charge in [0, 0.05) is 18.4 Å². The van der Waals surface area contributed by atoms with Crippen LogP contribution in [0.25, 0.3) is 0 Å². The van der Waals surface area contributed by atoms with Crippen molar-refractivity contribution in [2.45, 2.75) is 31.7 Å². The Morgan fingerprint density at radius 3 is 3.06 bits per heavy atom. The lowest BCUT2D eigenvalue weighted by molar-refractivity contribution is 0.317. The minimum absolute atomic E-state index is 0.574. The maximum atomic E-state index is 5.53. The molecule has 1 aliphatic rings. The first kappa shape index (κ1) is 11.6. The average Bonchev–Trinajstić information content (AvgIpc) is 2.73. The molecule has 3 nitrogen and oxygen atoms in total. The van der Waals surface area contributed by atoms with Crippen LogP contribution in [0.2, 0.25) is 0 Å². The van der Waals surface area contributed by atoms with Crippen LogP contribution in [0.15, 0.2) is 18.5 Å². The number of hydrogen-bond donors (Lipinski definition) is 1. The lowest BCUT2D eigenvalue weighted by atomic mass is 10.0. The fourth-order valence-corrected chi connectivity index (χ4v) is 2.46. The number of pyridine rings is 1. The van der Waals surface area contributed by atoms with Crippen LogP contribution < -0.4 is 5.73 Å². The smallest absolute Gasteiger partial charge is 0.0360 e. The Morgan fingerprint density at radius 2 is 2.38 bits per heavy atom. The van der Waals surface area contributed by atoms with Crippen LogP contribution in [0.5, 0.6) is 0 Å². The first-order valence-corrected chi connectivity index (χ1v) is 6.15. The molecule has 0 aromatic carbocycles. The molecule has 1 aromatic heterocycles. The number of aromatic nitrogens is 1. The quantitative estimate of drug-likeness (QED) is 0.838. The second kappa shape index (κ2) is 5.41. The first-order valence-electron chi connectivity index (χ1n) is 6.15. The Kier molecular flexibility index (Phi) is 3.91. The highest BCUT2D eigenvalue weighted by Crippen LogP contribution is 2.30. The Hall–Kier alpha value is -0.930. The van der Waals surface area contributed by atoms with Crippen LogP contribution in [0, 0.1) is 0 Å². The number of nitrogens with zero attached hydrogens (tertiary/aromatic N) is 2. The standard InChI is InChI=1S/C13H21N3/c1-16-7-3-5-13(16)12-8-11(4-2-6-14)9-15-10-12/h8-10,13H,2-7,14H2,1H3/t13-/m0/s1. The highest BCUT2D eigenvalue weighted by atomic mass is 15.1. The number of likely N-dealkylation sites (tertiary alicyclic amines) is 1. The number of nitrogens with two attached hydrogens (primary N) is 1. The lowest BCUT2D eigenvalue weighted by Crippen LogP contribution is -2.17. The summed E-state index contributed by atoms with van der Waals surface area (Å²) in [4.78, 5) is 6.77. The molecule has 88 valence electrons. The minimum Gasteiger partial charge on any atom is -0.330 e. The van der Waals surface area contributed by atoms with Crippen LogP contribution in [0.4, 0.5) is 0 Å². The van der Waals surface area contributed by atoms with Crippen LogP contribution in [-0.4, -0.2) is 30.0 Å². The third kappa shape index (κ3) is 2.60. The van der Waals surface area contributed by atoms with E-state index in [9.17, 15) is 0 Å². The molecule has 2 heterocycles. The maximum Gasteiger partial charge on any atom is 0.0360 e. The SMILES string of the molecule is CN1CCC[C@H]1c1cncc(CCCN)c1. The Morgan fingerprint density at radius 1 is 1.50 bits per heavy atom. The van der Waals surface area contributed by atoms with Crippen LogP contribution in [0.3, 0.4) is 0 Å². The molecule has 1 atom stereocenters. The largest absolute Gasteiger partial charge is 0.330 e. The van der Waals surface area contributed by atoms with E-state index >= 15 is 0 Å². The van der Waals surface area contributed by atoms with E-state index in [4.69, 9.17) is 5.73 Å². The molecule has 3 heteroatoms. The molecule has 1 saturated heterocycles. The zero-order valence-corrected chi connectivity index (χ0v) is 10.0. The first-order chi connectivity index (χ1) is 7.81. The second-order valence-corrected chi connectivity index (χ2v) is 4.66. The number of hydrogen-bond acceptors (Lipinski definition) is 3. The molecule has 1 aromatic rings. The Balaban J connectivity index is 2.09. The fourth-order valence-electron chi connectivity index (χ4n) is 2.46. The monoisotopic (exact) mass is 219 g/mol. The summed E-state index contributed by atoms with van der Waals surface area (Å²) in [5.41, 5.74) is 8.22. The fraction of sp³-hybridized carbons (Fsp3) is 0.615. The van der Waals surface area contributed by atoms with Crippen molar-refractivity contribution in [2.24, 2.45) is 5.73 Å². The predicted molar refractivity (Wildman–Crippen MR) is 66.2 cm³/mol. The summed E-state index contributed by atoms with van der Waals surface area (Å²) in [6.07, 6.45) is 8.64. The summed E-state index contributed by atoms with van der Waals surface area (Å²) < 4.78 is 0. The number of rotatable bonds is 4. The van der Waals surface area contributed by atoms with Gasteiger partial charge in [-0.3, -0.25) is 9.88 Å².